The van der Waals surface area contributed by atoms with Gasteiger partial charge >= 0.3 is 0 Å². The van der Waals surface area contributed by atoms with Crippen molar-refractivity contribution in [2.75, 3.05) is 0 Å². The molecule has 3 aromatic rings. The molecule has 0 aliphatic carbocycles. The zero-order valence-electron chi connectivity index (χ0n) is 12.7. The zero-order chi connectivity index (χ0) is 17.1. The Morgan fingerprint density at radius 3 is 2.00 bits per heavy atom. The molecular weight excluding hydrogens is 304 g/mol. The van der Waals surface area contributed by atoms with Crippen molar-refractivity contribution in [3.63, 3.8) is 0 Å². The molecule has 0 amide bonds. The van der Waals surface area contributed by atoms with Crippen molar-refractivity contribution in [1.29, 1.82) is 0 Å². The fraction of sp³-hybridized carbons (Fsp3) is 0. The van der Waals surface area contributed by atoms with Crippen LogP contribution in [0.15, 0.2) is 60.7 Å². The van der Waals surface area contributed by atoms with Crippen LogP contribution in [0.25, 0.3) is 23.3 Å². The standard InChI is InChI=1S/C20H16O4/c21-16-3-1-2-15(11-16)19-10-13(6-7-20(19)24)4-5-14-8-17(22)12-18(23)9-14/h1-12,21-24H/b5-4+. The van der Waals surface area contributed by atoms with Crippen LogP contribution in [0, 0.1) is 0 Å². The third-order valence-corrected chi connectivity index (χ3v) is 3.57. The topological polar surface area (TPSA) is 80.9 Å². The molecule has 0 aromatic heterocycles. The maximum absolute atomic E-state index is 10.1. The van der Waals surface area contributed by atoms with Gasteiger partial charge in [-0.25, -0.2) is 0 Å². The minimum Gasteiger partial charge on any atom is -0.508 e. The summed E-state index contributed by atoms with van der Waals surface area (Å²) in [7, 11) is 0. The molecule has 4 N–H and O–H groups in total. The normalized spacial score (nSPS) is 11.0. The molecule has 4 nitrogen and oxygen atoms in total. The quantitative estimate of drug-likeness (QED) is 0.541. The molecule has 0 radical (unpaired) electrons. The van der Waals surface area contributed by atoms with Gasteiger partial charge in [0.05, 0.1) is 0 Å². The second-order valence-corrected chi connectivity index (χ2v) is 5.44. The maximum Gasteiger partial charge on any atom is 0.123 e. The fourth-order valence-electron chi connectivity index (χ4n) is 2.47. The van der Waals surface area contributed by atoms with Gasteiger partial charge in [-0.3, -0.25) is 0 Å². The second-order valence-electron chi connectivity index (χ2n) is 5.44. The first-order chi connectivity index (χ1) is 11.5. The Hall–Kier alpha value is -3.40. The first-order valence-electron chi connectivity index (χ1n) is 7.35. The molecular formula is C20H16O4. The van der Waals surface area contributed by atoms with Gasteiger partial charge < -0.3 is 20.4 Å². The van der Waals surface area contributed by atoms with Crippen LogP contribution in [0.1, 0.15) is 11.1 Å². The minimum atomic E-state index is -0.0131. The summed E-state index contributed by atoms with van der Waals surface area (Å²) in [5.41, 5.74) is 2.79. The number of hydrogen-bond donors (Lipinski definition) is 4. The molecule has 0 spiro atoms. The van der Waals surface area contributed by atoms with Gasteiger partial charge in [-0.2, -0.15) is 0 Å². The first kappa shape index (κ1) is 15.5. The van der Waals surface area contributed by atoms with Gasteiger partial charge in [0, 0.05) is 11.6 Å². The summed E-state index contributed by atoms with van der Waals surface area (Å²) >= 11 is 0. The van der Waals surface area contributed by atoms with Crippen molar-refractivity contribution in [3.8, 4) is 34.1 Å². The van der Waals surface area contributed by atoms with Crippen molar-refractivity contribution in [1.82, 2.24) is 0 Å². The van der Waals surface area contributed by atoms with Crippen LogP contribution in [-0.4, -0.2) is 20.4 Å². The van der Waals surface area contributed by atoms with E-state index in [-0.39, 0.29) is 23.0 Å². The summed E-state index contributed by atoms with van der Waals surface area (Å²) in [5.74, 6) is 0.220. The van der Waals surface area contributed by atoms with Gasteiger partial charge in [0.2, 0.25) is 0 Å². The SMILES string of the molecule is Oc1cc(O)cc(/C=C/c2ccc(O)c(-c3cccc(O)c3)c2)c1. The lowest BCUT2D eigenvalue weighted by Crippen LogP contribution is -1.81. The summed E-state index contributed by atoms with van der Waals surface area (Å²) in [5, 5.41) is 38.7. The molecule has 0 aliphatic heterocycles. The van der Waals surface area contributed by atoms with Gasteiger partial charge in [-0.15, -0.1) is 0 Å². The lowest BCUT2D eigenvalue weighted by atomic mass is 10.0. The molecule has 0 saturated heterocycles. The molecule has 0 fully saturated rings. The summed E-state index contributed by atoms with van der Waals surface area (Å²) < 4.78 is 0. The van der Waals surface area contributed by atoms with Crippen molar-refractivity contribution in [2.45, 2.75) is 0 Å². The molecule has 3 aromatic carbocycles. The van der Waals surface area contributed by atoms with E-state index in [2.05, 4.69) is 0 Å². The van der Waals surface area contributed by atoms with Crippen LogP contribution in [0.3, 0.4) is 0 Å². The first-order valence-corrected chi connectivity index (χ1v) is 7.35. The van der Waals surface area contributed by atoms with E-state index in [0.717, 1.165) is 5.56 Å². The number of hydrogen-bond acceptors (Lipinski definition) is 4. The van der Waals surface area contributed by atoms with E-state index in [0.29, 0.717) is 16.7 Å². The van der Waals surface area contributed by atoms with E-state index in [9.17, 15) is 20.4 Å². The van der Waals surface area contributed by atoms with E-state index in [4.69, 9.17) is 0 Å². The van der Waals surface area contributed by atoms with Gasteiger partial charge in [0.25, 0.3) is 0 Å². The van der Waals surface area contributed by atoms with Crippen LogP contribution in [-0.2, 0) is 0 Å². The van der Waals surface area contributed by atoms with E-state index in [1.165, 1.54) is 18.2 Å². The van der Waals surface area contributed by atoms with Crippen molar-refractivity contribution < 1.29 is 20.4 Å². The van der Waals surface area contributed by atoms with Crippen molar-refractivity contribution in [3.05, 3.63) is 71.8 Å². The summed E-state index contributed by atoms with van der Waals surface area (Å²) in [4.78, 5) is 0. The van der Waals surface area contributed by atoms with Crippen LogP contribution >= 0.6 is 0 Å². The molecule has 24 heavy (non-hydrogen) atoms. The van der Waals surface area contributed by atoms with Gasteiger partial charge in [0.1, 0.15) is 23.0 Å². The fourth-order valence-corrected chi connectivity index (χ4v) is 2.47. The predicted octanol–water partition coefficient (Wildman–Crippen LogP) is 4.35. The number of aromatic hydroxyl groups is 4. The summed E-state index contributed by atoms with van der Waals surface area (Å²) in [6.45, 7) is 0. The van der Waals surface area contributed by atoms with Crippen LogP contribution in [0.5, 0.6) is 23.0 Å². The van der Waals surface area contributed by atoms with Crippen LogP contribution in [0.2, 0.25) is 0 Å². The van der Waals surface area contributed by atoms with Gasteiger partial charge in [0.15, 0.2) is 0 Å². The molecule has 0 heterocycles. The van der Waals surface area contributed by atoms with E-state index in [1.54, 1.807) is 54.6 Å². The molecule has 120 valence electrons. The van der Waals surface area contributed by atoms with Crippen molar-refractivity contribution in [2.24, 2.45) is 0 Å². The molecule has 4 heteroatoms. The molecule has 0 atom stereocenters. The average molecular weight is 320 g/mol. The Morgan fingerprint density at radius 2 is 1.29 bits per heavy atom. The molecule has 0 aliphatic rings. The monoisotopic (exact) mass is 320 g/mol. The third-order valence-electron chi connectivity index (χ3n) is 3.57. The molecule has 3 rings (SSSR count). The van der Waals surface area contributed by atoms with E-state index < -0.39 is 0 Å². The zero-order valence-corrected chi connectivity index (χ0v) is 12.7. The Bertz CT molecular complexity index is 893. The second kappa shape index (κ2) is 6.38. The van der Waals surface area contributed by atoms with Crippen molar-refractivity contribution >= 4 is 12.2 Å². The van der Waals surface area contributed by atoms with Crippen LogP contribution < -0.4 is 0 Å². The highest BCUT2D eigenvalue weighted by Gasteiger charge is 2.05. The highest BCUT2D eigenvalue weighted by molar-refractivity contribution is 5.77. The summed E-state index contributed by atoms with van der Waals surface area (Å²) in [6.07, 6.45) is 3.55. The Balaban J connectivity index is 1.95. The highest BCUT2D eigenvalue weighted by atomic mass is 16.3. The smallest absolute Gasteiger partial charge is 0.123 e. The van der Waals surface area contributed by atoms with E-state index in [1.807, 2.05) is 0 Å². The maximum atomic E-state index is 10.1. The molecule has 0 bridgehead atoms. The largest absolute Gasteiger partial charge is 0.508 e. The summed E-state index contributed by atoms with van der Waals surface area (Å²) in [6, 6.07) is 16.1. The molecule has 0 unspecified atom stereocenters. The third kappa shape index (κ3) is 3.50. The van der Waals surface area contributed by atoms with Gasteiger partial charge in [-0.1, -0.05) is 30.4 Å². The predicted molar refractivity (Wildman–Crippen MR) is 93.9 cm³/mol. The number of phenolic OH excluding ortho intramolecular Hbond substituents is 4. The number of phenols is 4. The average Bonchev–Trinajstić information content (AvgIpc) is 2.53. The Morgan fingerprint density at radius 1 is 0.583 bits per heavy atom. The minimum absolute atomic E-state index is 0.0131. The Labute approximate surface area is 139 Å². The number of rotatable bonds is 3. The lowest BCUT2D eigenvalue weighted by Gasteiger charge is -2.07. The Kier molecular flexibility index (Phi) is 4.12. The highest BCUT2D eigenvalue weighted by Crippen LogP contribution is 2.32. The van der Waals surface area contributed by atoms with Crippen LogP contribution in [0.4, 0.5) is 0 Å². The molecule has 0 saturated carbocycles. The van der Waals surface area contributed by atoms with E-state index >= 15 is 0 Å². The van der Waals surface area contributed by atoms with Gasteiger partial charge in [-0.05, 0) is 53.1 Å². The number of benzene rings is 3. The lowest BCUT2D eigenvalue weighted by molar-refractivity contribution is 0.450.